The first kappa shape index (κ1) is 15.0. The molecular formula is C18H13F2NO2. The number of carbonyl (C=O) groups is 1. The number of ketones is 1. The summed E-state index contributed by atoms with van der Waals surface area (Å²) < 4.78 is 31.6. The SMILES string of the molecule is COc1cccc(C(=O)c2c[nH]cc2-c2ccc(F)c(F)c2)c1. The van der Waals surface area contributed by atoms with E-state index in [1.165, 1.54) is 13.2 Å². The highest BCUT2D eigenvalue weighted by molar-refractivity contribution is 6.12. The zero-order valence-electron chi connectivity index (χ0n) is 12.3. The van der Waals surface area contributed by atoms with Crippen LogP contribution in [0.2, 0.25) is 0 Å². The molecule has 1 heterocycles. The second-order valence-electron chi connectivity index (χ2n) is 4.97. The van der Waals surface area contributed by atoms with Gasteiger partial charge in [-0.3, -0.25) is 4.79 Å². The highest BCUT2D eigenvalue weighted by atomic mass is 19.2. The molecule has 1 N–H and O–H groups in total. The minimum atomic E-state index is -0.955. The van der Waals surface area contributed by atoms with Gasteiger partial charge in [0.25, 0.3) is 0 Å². The monoisotopic (exact) mass is 313 g/mol. The first-order valence-electron chi connectivity index (χ1n) is 6.91. The normalized spacial score (nSPS) is 10.6. The summed E-state index contributed by atoms with van der Waals surface area (Å²) in [6.45, 7) is 0. The Bertz CT molecular complexity index is 871. The maximum Gasteiger partial charge on any atom is 0.195 e. The third kappa shape index (κ3) is 2.85. The van der Waals surface area contributed by atoms with Gasteiger partial charge in [0.15, 0.2) is 17.4 Å². The van der Waals surface area contributed by atoms with Gasteiger partial charge in [-0.1, -0.05) is 18.2 Å². The molecule has 0 saturated carbocycles. The standard InChI is InChI=1S/C18H13F2NO2/c1-23-13-4-2-3-12(7-13)18(22)15-10-21-9-14(15)11-5-6-16(19)17(20)8-11/h2-10,21H,1H3. The summed E-state index contributed by atoms with van der Waals surface area (Å²) in [6.07, 6.45) is 3.12. The number of benzene rings is 2. The second kappa shape index (κ2) is 6.04. The van der Waals surface area contributed by atoms with Crippen molar-refractivity contribution in [1.29, 1.82) is 0 Å². The van der Waals surface area contributed by atoms with Gasteiger partial charge in [0.05, 0.1) is 7.11 Å². The summed E-state index contributed by atoms with van der Waals surface area (Å²) in [5.74, 6) is -1.54. The van der Waals surface area contributed by atoms with Crippen molar-refractivity contribution in [2.75, 3.05) is 7.11 Å². The second-order valence-corrected chi connectivity index (χ2v) is 4.97. The van der Waals surface area contributed by atoms with Crippen molar-refractivity contribution in [3.8, 4) is 16.9 Å². The number of hydrogen-bond acceptors (Lipinski definition) is 2. The first-order valence-corrected chi connectivity index (χ1v) is 6.91. The summed E-state index contributed by atoms with van der Waals surface area (Å²) in [7, 11) is 1.52. The van der Waals surface area contributed by atoms with Crippen LogP contribution in [0, 0.1) is 11.6 Å². The number of aromatic amines is 1. The van der Waals surface area contributed by atoms with Gasteiger partial charge in [-0.25, -0.2) is 8.78 Å². The molecule has 3 aromatic rings. The summed E-state index contributed by atoms with van der Waals surface area (Å²) in [5.41, 5.74) is 1.77. The average molecular weight is 313 g/mol. The molecule has 2 aromatic carbocycles. The van der Waals surface area contributed by atoms with E-state index in [0.29, 0.717) is 28.0 Å². The fourth-order valence-corrected chi connectivity index (χ4v) is 2.37. The van der Waals surface area contributed by atoms with Gasteiger partial charge in [-0.2, -0.15) is 0 Å². The van der Waals surface area contributed by atoms with E-state index in [1.807, 2.05) is 0 Å². The number of hydrogen-bond donors (Lipinski definition) is 1. The smallest absolute Gasteiger partial charge is 0.195 e. The zero-order chi connectivity index (χ0) is 16.4. The van der Waals surface area contributed by atoms with Crippen molar-refractivity contribution in [3.63, 3.8) is 0 Å². The van der Waals surface area contributed by atoms with E-state index < -0.39 is 11.6 Å². The molecule has 0 aliphatic carbocycles. The lowest BCUT2D eigenvalue weighted by Crippen LogP contribution is -2.02. The summed E-state index contributed by atoms with van der Waals surface area (Å²) >= 11 is 0. The lowest BCUT2D eigenvalue weighted by Gasteiger charge is -2.06. The van der Waals surface area contributed by atoms with Crippen LogP contribution in [-0.2, 0) is 0 Å². The van der Waals surface area contributed by atoms with Crippen LogP contribution in [0.3, 0.4) is 0 Å². The topological polar surface area (TPSA) is 42.1 Å². The zero-order valence-corrected chi connectivity index (χ0v) is 12.3. The average Bonchev–Trinajstić information content (AvgIpc) is 3.06. The molecule has 5 heteroatoms. The number of methoxy groups -OCH3 is 1. The number of nitrogens with one attached hydrogen (secondary N) is 1. The van der Waals surface area contributed by atoms with Gasteiger partial charge in [0.1, 0.15) is 5.75 Å². The van der Waals surface area contributed by atoms with Crippen molar-refractivity contribution < 1.29 is 18.3 Å². The van der Waals surface area contributed by atoms with E-state index in [0.717, 1.165) is 12.1 Å². The molecule has 0 fully saturated rings. The number of ether oxygens (including phenoxy) is 1. The van der Waals surface area contributed by atoms with Gasteiger partial charge in [-0.05, 0) is 29.8 Å². The van der Waals surface area contributed by atoms with Crippen LogP contribution in [0.25, 0.3) is 11.1 Å². The Morgan fingerprint density at radius 2 is 1.87 bits per heavy atom. The van der Waals surface area contributed by atoms with Crippen LogP contribution in [0.4, 0.5) is 8.78 Å². The molecule has 0 unspecified atom stereocenters. The third-order valence-corrected chi connectivity index (χ3v) is 3.55. The molecular weight excluding hydrogens is 300 g/mol. The molecule has 0 amide bonds. The lowest BCUT2D eigenvalue weighted by molar-refractivity contribution is 0.103. The highest BCUT2D eigenvalue weighted by Crippen LogP contribution is 2.27. The maximum atomic E-state index is 13.4. The Labute approximate surface area is 131 Å². The third-order valence-electron chi connectivity index (χ3n) is 3.55. The number of halogens is 2. The largest absolute Gasteiger partial charge is 0.497 e. The lowest BCUT2D eigenvalue weighted by atomic mass is 9.98. The van der Waals surface area contributed by atoms with Crippen LogP contribution in [0.15, 0.2) is 54.9 Å². The number of H-pyrrole nitrogens is 1. The predicted octanol–water partition coefficient (Wildman–Crippen LogP) is 4.20. The molecule has 3 rings (SSSR count). The van der Waals surface area contributed by atoms with E-state index in [4.69, 9.17) is 4.74 Å². The fourth-order valence-electron chi connectivity index (χ4n) is 2.37. The van der Waals surface area contributed by atoms with E-state index in [2.05, 4.69) is 4.98 Å². The number of aromatic nitrogens is 1. The number of carbonyl (C=O) groups excluding carboxylic acids is 1. The quantitative estimate of drug-likeness (QED) is 0.734. The van der Waals surface area contributed by atoms with E-state index >= 15 is 0 Å². The molecule has 0 spiro atoms. The number of rotatable bonds is 4. The van der Waals surface area contributed by atoms with Gasteiger partial charge < -0.3 is 9.72 Å². The fraction of sp³-hybridized carbons (Fsp3) is 0.0556. The molecule has 0 bridgehead atoms. The molecule has 0 atom stereocenters. The van der Waals surface area contributed by atoms with Crippen LogP contribution >= 0.6 is 0 Å². The Balaban J connectivity index is 2.03. The molecule has 0 aliphatic rings. The Morgan fingerprint density at radius 3 is 2.61 bits per heavy atom. The molecule has 3 nitrogen and oxygen atoms in total. The minimum Gasteiger partial charge on any atom is -0.497 e. The van der Waals surface area contributed by atoms with Crippen molar-refractivity contribution in [2.45, 2.75) is 0 Å². The molecule has 0 saturated heterocycles. The Kier molecular flexibility index (Phi) is 3.93. The van der Waals surface area contributed by atoms with Crippen LogP contribution in [-0.4, -0.2) is 17.9 Å². The summed E-state index contributed by atoms with van der Waals surface area (Å²) in [5, 5.41) is 0. The molecule has 0 radical (unpaired) electrons. The molecule has 23 heavy (non-hydrogen) atoms. The van der Waals surface area contributed by atoms with Gasteiger partial charge in [0, 0.05) is 29.1 Å². The summed E-state index contributed by atoms with van der Waals surface area (Å²) in [4.78, 5) is 15.5. The Hall–Kier alpha value is -2.95. The maximum absolute atomic E-state index is 13.4. The summed E-state index contributed by atoms with van der Waals surface area (Å²) in [6, 6.07) is 10.3. The van der Waals surface area contributed by atoms with E-state index in [1.54, 1.807) is 36.7 Å². The first-order chi connectivity index (χ1) is 11.1. The van der Waals surface area contributed by atoms with Crippen LogP contribution in [0.5, 0.6) is 5.75 Å². The van der Waals surface area contributed by atoms with Crippen molar-refractivity contribution in [3.05, 3.63) is 77.6 Å². The predicted molar refractivity (Wildman–Crippen MR) is 82.6 cm³/mol. The van der Waals surface area contributed by atoms with E-state index in [-0.39, 0.29) is 5.78 Å². The van der Waals surface area contributed by atoms with Crippen LogP contribution in [0.1, 0.15) is 15.9 Å². The molecule has 116 valence electrons. The van der Waals surface area contributed by atoms with E-state index in [9.17, 15) is 13.6 Å². The molecule has 0 aliphatic heterocycles. The van der Waals surface area contributed by atoms with Crippen molar-refractivity contribution >= 4 is 5.78 Å². The van der Waals surface area contributed by atoms with Crippen molar-refractivity contribution in [2.24, 2.45) is 0 Å². The minimum absolute atomic E-state index is 0.232. The van der Waals surface area contributed by atoms with Gasteiger partial charge in [0.2, 0.25) is 0 Å². The molecule has 1 aromatic heterocycles. The Morgan fingerprint density at radius 1 is 1.04 bits per heavy atom. The van der Waals surface area contributed by atoms with Gasteiger partial charge in [-0.15, -0.1) is 0 Å². The van der Waals surface area contributed by atoms with Gasteiger partial charge >= 0.3 is 0 Å². The van der Waals surface area contributed by atoms with Crippen molar-refractivity contribution in [1.82, 2.24) is 4.98 Å². The van der Waals surface area contributed by atoms with Crippen LogP contribution < -0.4 is 4.74 Å². The highest BCUT2D eigenvalue weighted by Gasteiger charge is 2.17.